The van der Waals surface area contributed by atoms with Crippen LogP contribution in [0.1, 0.15) is 55.7 Å². The summed E-state index contributed by atoms with van der Waals surface area (Å²) in [4.78, 5) is 27.4. The Labute approximate surface area is 167 Å². The summed E-state index contributed by atoms with van der Waals surface area (Å²) >= 11 is 0. The van der Waals surface area contributed by atoms with Gasteiger partial charge in [-0.2, -0.15) is 0 Å². The molecule has 1 saturated heterocycles. The lowest BCUT2D eigenvalue weighted by atomic mass is 9.94. The topological polar surface area (TPSA) is 61.4 Å². The molecule has 148 valence electrons. The van der Waals surface area contributed by atoms with Crippen LogP contribution in [0.5, 0.6) is 0 Å². The number of nitrogens with one attached hydrogen (secondary N) is 2. The van der Waals surface area contributed by atoms with Crippen LogP contribution in [0.2, 0.25) is 0 Å². The summed E-state index contributed by atoms with van der Waals surface area (Å²) in [5, 5.41) is 6.62. The van der Waals surface area contributed by atoms with Crippen molar-refractivity contribution in [1.82, 2.24) is 15.5 Å². The molecular formula is C21H30ClN3O2. The molecule has 27 heavy (non-hydrogen) atoms. The normalized spacial score (nSPS) is 25.0. The Morgan fingerprint density at radius 1 is 1.11 bits per heavy atom. The Balaban J connectivity index is 0.00000210. The third kappa shape index (κ3) is 4.30. The van der Waals surface area contributed by atoms with Crippen molar-refractivity contribution in [3.8, 4) is 0 Å². The van der Waals surface area contributed by atoms with Gasteiger partial charge in [0.05, 0.1) is 0 Å². The van der Waals surface area contributed by atoms with Gasteiger partial charge in [0.25, 0.3) is 0 Å². The summed E-state index contributed by atoms with van der Waals surface area (Å²) in [7, 11) is 0. The second-order valence-electron chi connectivity index (χ2n) is 7.87. The number of hydrogen-bond donors (Lipinski definition) is 2. The van der Waals surface area contributed by atoms with Crippen molar-refractivity contribution in [2.24, 2.45) is 5.92 Å². The largest absolute Gasteiger partial charge is 0.352 e. The van der Waals surface area contributed by atoms with E-state index in [9.17, 15) is 9.59 Å². The number of rotatable bonds is 4. The Morgan fingerprint density at radius 3 is 2.70 bits per heavy atom. The maximum Gasteiger partial charge on any atom is 0.242 e. The number of benzene rings is 1. The summed E-state index contributed by atoms with van der Waals surface area (Å²) in [6.07, 6.45) is 7.04. The van der Waals surface area contributed by atoms with Crippen LogP contribution in [0, 0.1) is 5.92 Å². The molecule has 3 aliphatic rings. The van der Waals surface area contributed by atoms with Crippen molar-refractivity contribution in [2.75, 3.05) is 19.6 Å². The average molecular weight is 392 g/mol. The van der Waals surface area contributed by atoms with Gasteiger partial charge in [0.2, 0.25) is 11.8 Å². The van der Waals surface area contributed by atoms with Crippen LogP contribution in [0.25, 0.3) is 0 Å². The summed E-state index contributed by atoms with van der Waals surface area (Å²) < 4.78 is 0. The molecule has 0 spiro atoms. The molecule has 0 radical (unpaired) electrons. The van der Waals surface area contributed by atoms with E-state index in [1.54, 1.807) is 0 Å². The Morgan fingerprint density at radius 2 is 1.89 bits per heavy atom. The number of fused-ring (bicyclic) bond motifs is 1. The molecule has 2 atom stereocenters. The summed E-state index contributed by atoms with van der Waals surface area (Å²) in [5.74, 6) is 0.371. The first-order chi connectivity index (χ1) is 12.7. The van der Waals surface area contributed by atoms with E-state index in [4.69, 9.17) is 0 Å². The molecule has 2 unspecified atom stereocenters. The minimum Gasteiger partial charge on any atom is -0.352 e. The van der Waals surface area contributed by atoms with Gasteiger partial charge in [0.1, 0.15) is 6.04 Å². The molecule has 1 aliphatic carbocycles. The highest BCUT2D eigenvalue weighted by Gasteiger charge is 2.37. The van der Waals surface area contributed by atoms with Gasteiger partial charge in [0.15, 0.2) is 0 Å². The fraction of sp³-hybridized carbons (Fsp3) is 0.619. The molecule has 2 N–H and O–H groups in total. The maximum atomic E-state index is 12.8. The van der Waals surface area contributed by atoms with Crippen molar-refractivity contribution in [2.45, 2.75) is 57.0 Å². The number of halogens is 1. The first-order valence-electron chi connectivity index (χ1n) is 10.1. The smallest absolute Gasteiger partial charge is 0.242 e. The van der Waals surface area contributed by atoms with Gasteiger partial charge in [0, 0.05) is 25.0 Å². The maximum absolute atomic E-state index is 12.8. The highest BCUT2D eigenvalue weighted by molar-refractivity contribution is 5.89. The van der Waals surface area contributed by atoms with Crippen molar-refractivity contribution in [3.63, 3.8) is 0 Å². The molecule has 4 rings (SSSR count). The van der Waals surface area contributed by atoms with E-state index in [0.717, 1.165) is 58.0 Å². The van der Waals surface area contributed by atoms with Crippen LogP contribution < -0.4 is 10.6 Å². The van der Waals surface area contributed by atoms with Crippen molar-refractivity contribution >= 4 is 24.2 Å². The standard InChI is InChI=1S/C21H29N3O2.ClH/c25-20(19-10-5-13-24(19)21(26)16-7-1-2-8-16)23-14-18-17-9-4-3-6-15(17)11-12-22-18;/h3-4,6,9,16,18-19,22H,1-2,5,7-8,10-14H2,(H,23,25);1H. The van der Waals surface area contributed by atoms with E-state index < -0.39 is 0 Å². The van der Waals surface area contributed by atoms with Crippen LogP contribution >= 0.6 is 12.4 Å². The number of nitrogens with zero attached hydrogens (tertiary/aromatic N) is 1. The van der Waals surface area contributed by atoms with Crippen LogP contribution in [-0.2, 0) is 16.0 Å². The Hall–Kier alpha value is -1.59. The van der Waals surface area contributed by atoms with E-state index in [1.165, 1.54) is 11.1 Å². The molecule has 2 amide bonds. The van der Waals surface area contributed by atoms with E-state index >= 15 is 0 Å². The predicted molar refractivity (Wildman–Crippen MR) is 108 cm³/mol. The first-order valence-corrected chi connectivity index (χ1v) is 10.1. The molecule has 2 aliphatic heterocycles. The minimum atomic E-state index is -0.276. The highest BCUT2D eigenvalue weighted by Crippen LogP contribution is 2.30. The molecule has 0 bridgehead atoms. The van der Waals surface area contributed by atoms with Gasteiger partial charge < -0.3 is 15.5 Å². The average Bonchev–Trinajstić information content (AvgIpc) is 3.37. The fourth-order valence-corrected chi connectivity index (χ4v) is 4.81. The van der Waals surface area contributed by atoms with E-state index in [2.05, 4.69) is 34.9 Å². The third-order valence-electron chi connectivity index (χ3n) is 6.24. The van der Waals surface area contributed by atoms with E-state index in [1.807, 2.05) is 4.90 Å². The summed E-state index contributed by atoms with van der Waals surface area (Å²) in [6.45, 7) is 2.25. The van der Waals surface area contributed by atoms with Gasteiger partial charge >= 0.3 is 0 Å². The first kappa shape index (κ1) is 20.2. The third-order valence-corrected chi connectivity index (χ3v) is 6.24. The lowest BCUT2D eigenvalue weighted by molar-refractivity contribution is -0.141. The predicted octanol–water partition coefficient (Wildman–Crippen LogP) is 2.59. The van der Waals surface area contributed by atoms with Gasteiger partial charge in [-0.3, -0.25) is 9.59 Å². The number of carbonyl (C=O) groups is 2. The molecule has 6 heteroatoms. The molecular weight excluding hydrogens is 362 g/mol. The SMILES string of the molecule is Cl.O=C(NCC1NCCc2ccccc21)C1CCCN1C(=O)C1CCCC1. The van der Waals surface area contributed by atoms with Gasteiger partial charge in [-0.25, -0.2) is 0 Å². The minimum absolute atomic E-state index is 0. The van der Waals surface area contributed by atoms with Crippen LogP contribution in [0.15, 0.2) is 24.3 Å². The van der Waals surface area contributed by atoms with Crippen molar-refractivity contribution in [3.05, 3.63) is 35.4 Å². The zero-order valence-corrected chi connectivity index (χ0v) is 16.6. The summed E-state index contributed by atoms with van der Waals surface area (Å²) in [5.41, 5.74) is 2.65. The highest BCUT2D eigenvalue weighted by atomic mass is 35.5. The van der Waals surface area contributed by atoms with Crippen LogP contribution in [0.3, 0.4) is 0 Å². The monoisotopic (exact) mass is 391 g/mol. The van der Waals surface area contributed by atoms with Gasteiger partial charge in [-0.15, -0.1) is 12.4 Å². The zero-order valence-electron chi connectivity index (χ0n) is 15.8. The Kier molecular flexibility index (Phi) is 6.77. The number of carbonyl (C=O) groups excluding carboxylic acids is 2. The second-order valence-corrected chi connectivity index (χ2v) is 7.87. The molecule has 0 aromatic heterocycles. The second kappa shape index (κ2) is 9.07. The van der Waals surface area contributed by atoms with Crippen LogP contribution in [0.4, 0.5) is 0 Å². The number of hydrogen-bond acceptors (Lipinski definition) is 3. The lowest BCUT2D eigenvalue weighted by Gasteiger charge is -2.29. The molecule has 2 fully saturated rings. The van der Waals surface area contributed by atoms with Crippen molar-refractivity contribution < 1.29 is 9.59 Å². The Bertz CT molecular complexity index is 675. The van der Waals surface area contributed by atoms with Gasteiger partial charge in [-0.1, -0.05) is 37.1 Å². The fourth-order valence-electron chi connectivity index (χ4n) is 4.81. The molecule has 2 heterocycles. The zero-order chi connectivity index (χ0) is 17.9. The molecule has 5 nitrogen and oxygen atoms in total. The number of likely N-dealkylation sites (tertiary alicyclic amines) is 1. The van der Waals surface area contributed by atoms with E-state index in [0.29, 0.717) is 6.54 Å². The summed E-state index contributed by atoms with van der Waals surface area (Å²) in [6, 6.07) is 8.32. The quantitative estimate of drug-likeness (QED) is 0.829. The lowest BCUT2D eigenvalue weighted by Crippen LogP contribution is -2.49. The number of amides is 2. The molecule has 1 saturated carbocycles. The van der Waals surface area contributed by atoms with Crippen molar-refractivity contribution in [1.29, 1.82) is 0 Å². The molecule has 1 aromatic rings. The van der Waals surface area contributed by atoms with E-state index in [-0.39, 0.29) is 42.2 Å². The van der Waals surface area contributed by atoms with Crippen LogP contribution in [-0.4, -0.2) is 42.4 Å². The van der Waals surface area contributed by atoms with Gasteiger partial charge in [-0.05, 0) is 49.8 Å². The molecule has 1 aromatic carbocycles.